The van der Waals surface area contributed by atoms with Crippen LogP contribution in [0, 0.1) is 12.8 Å². The zero-order valence-electron chi connectivity index (χ0n) is 13.0. The first-order chi connectivity index (χ1) is 10.6. The molecule has 4 nitrogen and oxygen atoms in total. The molecule has 1 aliphatic rings. The highest BCUT2D eigenvalue weighted by Gasteiger charge is 2.17. The molecule has 22 heavy (non-hydrogen) atoms. The van der Waals surface area contributed by atoms with Gasteiger partial charge in [0.05, 0.1) is 0 Å². The molecule has 0 atom stereocenters. The lowest BCUT2D eigenvalue weighted by atomic mass is 9.99. The van der Waals surface area contributed by atoms with Gasteiger partial charge in [-0.2, -0.15) is 4.98 Å². The van der Waals surface area contributed by atoms with Gasteiger partial charge in [-0.25, -0.2) is 4.98 Å². The number of piperidine rings is 1. The summed E-state index contributed by atoms with van der Waals surface area (Å²) in [6.07, 6.45) is 4.29. The Morgan fingerprint density at radius 1 is 1.23 bits per heavy atom. The van der Waals surface area contributed by atoms with Gasteiger partial charge < -0.3 is 10.2 Å². The summed E-state index contributed by atoms with van der Waals surface area (Å²) in [5.41, 5.74) is 2.20. The minimum absolute atomic E-state index is 0.645. The Morgan fingerprint density at radius 3 is 2.73 bits per heavy atom. The number of halogens is 1. The molecule has 5 heteroatoms. The highest BCUT2D eigenvalue weighted by molar-refractivity contribution is 9.10. The van der Waals surface area contributed by atoms with Crippen molar-refractivity contribution in [2.24, 2.45) is 5.92 Å². The zero-order chi connectivity index (χ0) is 15.5. The Kier molecular flexibility index (Phi) is 4.62. The van der Waals surface area contributed by atoms with Gasteiger partial charge in [-0.1, -0.05) is 28.9 Å². The maximum Gasteiger partial charge on any atom is 0.229 e. The number of hydrogen-bond donors (Lipinski definition) is 1. The van der Waals surface area contributed by atoms with Crippen molar-refractivity contribution in [1.29, 1.82) is 0 Å². The van der Waals surface area contributed by atoms with Crippen molar-refractivity contribution in [3.8, 4) is 0 Å². The van der Waals surface area contributed by atoms with Crippen LogP contribution in [-0.2, 0) is 0 Å². The lowest BCUT2D eigenvalue weighted by Gasteiger charge is -2.31. The summed E-state index contributed by atoms with van der Waals surface area (Å²) in [5.74, 6) is 2.48. The van der Waals surface area contributed by atoms with E-state index in [0.29, 0.717) is 5.95 Å². The van der Waals surface area contributed by atoms with Crippen LogP contribution in [0.4, 0.5) is 17.5 Å². The highest BCUT2D eigenvalue weighted by atomic mass is 79.9. The van der Waals surface area contributed by atoms with E-state index in [1.165, 1.54) is 18.4 Å². The average molecular weight is 361 g/mol. The fourth-order valence-corrected chi connectivity index (χ4v) is 3.00. The smallest absolute Gasteiger partial charge is 0.229 e. The molecule has 0 bridgehead atoms. The van der Waals surface area contributed by atoms with E-state index in [2.05, 4.69) is 56.0 Å². The van der Waals surface area contributed by atoms with Crippen molar-refractivity contribution >= 4 is 33.4 Å². The van der Waals surface area contributed by atoms with Crippen molar-refractivity contribution in [2.45, 2.75) is 26.7 Å². The van der Waals surface area contributed by atoms with Crippen molar-refractivity contribution in [2.75, 3.05) is 23.3 Å². The summed E-state index contributed by atoms with van der Waals surface area (Å²) >= 11 is 3.55. The van der Waals surface area contributed by atoms with Gasteiger partial charge in [0.2, 0.25) is 5.95 Å². The van der Waals surface area contributed by atoms with Crippen LogP contribution in [0.2, 0.25) is 0 Å². The first kappa shape index (κ1) is 15.3. The standard InChI is InChI=1S/C17H21BrN4/c1-12-6-9-22(10-7-12)16-5-8-19-17(21-16)20-14-4-3-13(2)15(18)11-14/h3-5,8,11-12H,6-7,9-10H2,1-2H3,(H,19,20,21). The fraction of sp³-hybridized carbons (Fsp3) is 0.412. The van der Waals surface area contributed by atoms with Crippen LogP contribution in [0.3, 0.4) is 0 Å². The third-order valence-corrected chi connectivity index (χ3v) is 5.03. The molecule has 1 N–H and O–H groups in total. The lowest BCUT2D eigenvalue weighted by molar-refractivity contribution is 0.436. The van der Waals surface area contributed by atoms with Gasteiger partial charge in [0.25, 0.3) is 0 Å². The summed E-state index contributed by atoms with van der Waals surface area (Å²) in [5, 5.41) is 3.28. The van der Waals surface area contributed by atoms with Gasteiger partial charge in [-0.05, 0) is 49.4 Å². The van der Waals surface area contributed by atoms with E-state index in [1.807, 2.05) is 24.4 Å². The molecule has 0 spiro atoms. The molecule has 2 heterocycles. The third-order valence-electron chi connectivity index (χ3n) is 4.18. The molecule has 1 aromatic carbocycles. The normalized spacial score (nSPS) is 15.9. The molecule has 3 rings (SSSR count). The Hall–Kier alpha value is -1.62. The molecule has 0 aliphatic carbocycles. The van der Waals surface area contributed by atoms with E-state index in [-0.39, 0.29) is 0 Å². The monoisotopic (exact) mass is 360 g/mol. The summed E-state index contributed by atoms with van der Waals surface area (Å²) in [7, 11) is 0. The first-order valence-electron chi connectivity index (χ1n) is 7.73. The Balaban J connectivity index is 1.74. The van der Waals surface area contributed by atoms with Crippen LogP contribution in [0.5, 0.6) is 0 Å². The third kappa shape index (κ3) is 3.58. The first-order valence-corrected chi connectivity index (χ1v) is 8.52. The summed E-state index contributed by atoms with van der Waals surface area (Å²) < 4.78 is 1.08. The van der Waals surface area contributed by atoms with Gasteiger partial charge >= 0.3 is 0 Å². The predicted molar refractivity (Wildman–Crippen MR) is 94.8 cm³/mol. The predicted octanol–water partition coefficient (Wildman–Crippen LogP) is 4.53. The Bertz CT molecular complexity index is 651. The molecular weight excluding hydrogens is 340 g/mol. The van der Waals surface area contributed by atoms with E-state index in [1.54, 1.807) is 0 Å². The Labute approximate surface area is 140 Å². The summed E-state index contributed by atoms with van der Waals surface area (Å²) in [6.45, 7) is 6.54. The number of nitrogens with zero attached hydrogens (tertiary/aromatic N) is 3. The largest absolute Gasteiger partial charge is 0.356 e. The number of rotatable bonds is 3. The Morgan fingerprint density at radius 2 is 2.00 bits per heavy atom. The number of hydrogen-bond acceptors (Lipinski definition) is 4. The van der Waals surface area contributed by atoms with E-state index in [0.717, 1.165) is 35.0 Å². The maximum absolute atomic E-state index is 4.66. The summed E-state index contributed by atoms with van der Waals surface area (Å²) in [6, 6.07) is 8.15. The number of aryl methyl sites for hydroxylation is 1. The quantitative estimate of drug-likeness (QED) is 0.872. The SMILES string of the molecule is Cc1ccc(Nc2nccc(N3CCC(C)CC3)n2)cc1Br. The van der Waals surface area contributed by atoms with Gasteiger partial charge in [0, 0.05) is 29.4 Å². The van der Waals surface area contributed by atoms with Crippen LogP contribution in [-0.4, -0.2) is 23.1 Å². The highest BCUT2D eigenvalue weighted by Crippen LogP contribution is 2.24. The number of anilines is 3. The molecule has 2 aromatic rings. The van der Waals surface area contributed by atoms with Crippen molar-refractivity contribution in [1.82, 2.24) is 9.97 Å². The molecule has 0 radical (unpaired) electrons. The van der Waals surface area contributed by atoms with Gasteiger partial charge in [-0.3, -0.25) is 0 Å². The van der Waals surface area contributed by atoms with Crippen LogP contribution < -0.4 is 10.2 Å². The molecule has 116 valence electrons. The van der Waals surface area contributed by atoms with E-state index in [4.69, 9.17) is 0 Å². The molecule has 0 amide bonds. The van der Waals surface area contributed by atoms with E-state index >= 15 is 0 Å². The van der Waals surface area contributed by atoms with Crippen molar-refractivity contribution in [3.05, 3.63) is 40.5 Å². The molecule has 0 saturated carbocycles. The summed E-state index contributed by atoms with van der Waals surface area (Å²) in [4.78, 5) is 11.3. The van der Waals surface area contributed by atoms with Gasteiger partial charge in [-0.15, -0.1) is 0 Å². The van der Waals surface area contributed by atoms with Crippen LogP contribution >= 0.6 is 15.9 Å². The molecule has 1 aliphatic heterocycles. The molecular formula is C17H21BrN4. The van der Waals surface area contributed by atoms with Crippen LogP contribution in [0.25, 0.3) is 0 Å². The molecule has 1 saturated heterocycles. The van der Waals surface area contributed by atoms with E-state index in [9.17, 15) is 0 Å². The molecule has 1 fully saturated rings. The molecule has 0 unspecified atom stereocenters. The van der Waals surface area contributed by atoms with Gasteiger partial charge in [0.1, 0.15) is 5.82 Å². The second kappa shape index (κ2) is 6.65. The average Bonchev–Trinajstić information content (AvgIpc) is 2.52. The van der Waals surface area contributed by atoms with Crippen LogP contribution in [0.15, 0.2) is 34.9 Å². The molecule has 1 aromatic heterocycles. The van der Waals surface area contributed by atoms with Crippen LogP contribution in [0.1, 0.15) is 25.3 Å². The topological polar surface area (TPSA) is 41.1 Å². The maximum atomic E-state index is 4.66. The second-order valence-electron chi connectivity index (χ2n) is 6.00. The van der Waals surface area contributed by atoms with Crippen molar-refractivity contribution in [3.63, 3.8) is 0 Å². The lowest BCUT2D eigenvalue weighted by Crippen LogP contribution is -2.33. The fourth-order valence-electron chi connectivity index (χ4n) is 2.62. The number of aromatic nitrogens is 2. The number of benzene rings is 1. The van der Waals surface area contributed by atoms with Gasteiger partial charge in [0.15, 0.2) is 0 Å². The van der Waals surface area contributed by atoms with Crippen molar-refractivity contribution < 1.29 is 0 Å². The number of nitrogens with one attached hydrogen (secondary N) is 1. The minimum atomic E-state index is 0.645. The second-order valence-corrected chi connectivity index (χ2v) is 6.85. The minimum Gasteiger partial charge on any atom is -0.356 e. The van der Waals surface area contributed by atoms with E-state index < -0.39 is 0 Å². The zero-order valence-corrected chi connectivity index (χ0v) is 14.6.